The van der Waals surface area contributed by atoms with Crippen molar-refractivity contribution in [3.8, 4) is 0 Å². The minimum absolute atomic E-state index is 0.146. The number of rotatable bonds is 4. The lowest BCUT2D eigenvalue weighted by atomic mass is 9.92. The molecule has 0 saturated carbocycles. The molecule has 1 amide bonds. The first kappa shape index (κ1) is 18.4. The minimum atomic E-state index is -1.06. The zero-order chi connectivity index (χ0) is 19.1. The first-order chi connectivity index (χ1) is 12.2. The Kier molecular flexibility index (Phi) is 4.75. The lowest BCUT2D eigenvalue weighted by molar-refractivity contribution is -0.117. The smallest absolute Gasteiger partial charge is 0.227 e. The lowest BCUT2D eigenvalue weighted by Crippen LogP contribution is -2.45. The van der Waals surface area contributed by atoms with Crippen LogP contribution in [-0.2, 0) is 10.2 Å². The monoisotopic (exact) mass is 361 g/mol. The van der Waals surface area contributed by atoms with Crippen LogP contribution in [0.25, 0.3) is 0 Å². The van der Waals surface area contributed by atoms with Gasteiger partial charge in [-0.2, -0.15) is 0 Å². The quantitative estimate of drug-likeness (QED) is 0.817. The predicted octanol–water partition coefficient (Wildman–Crippen LogP) is 3.35. The van der Waals surface area contributed by atoms with Crippen molar-refractivity contribution < 1.29 is 18.8 Å². The van der Waals surface area contributed by atoms with Crippen LogP contribution in [0.15, 0.2) is 28.8 Å². The predicted molar refractivity (Wildman–Crippen MR) is 96.5 cm³/mol. The number of amides is 1. The van der Waals surface area contributed by atoms with Gasteiger partial charge < -0.3 is 19.8 Å². The maximum absolute atomic E-state index is 13.9. The topological polar surface area (TPSA) is 78.6 Å². The summed E-state index contributed by atoms with van der Waals surface area (Å²) in [6, 6.07) is 5.85. The summed E-state index contributed by atoms with van der Waals surface area (Å²) in [7, 11) is 0. The second-order valence-corrected chi connectivity index (χ2v) is 7.72. The molecule has 2 heterocycles. The molecule has 2 aromatic rings. The Morgan fingerprint density at radius 2 is 2.12 bits per heavy atom. The maximum Gasteiger partial charge on any atom is 0.227 e. The van der Waals surface area contributed by atoms with Gasteiger partial charge in [0.25, 0.3) is 0 Å². The van der Waals surface area contributed by atoms with E-state index in [9.17, 15) is 14.3 Å². The van der Waals surface area contributed by atoms with Gasteiger partial charge in [0.2, 0.25) is 11.8 Å². The average molecular weight is 361 g/mol. The Morgan fingerprint density at radius 3 is 2.73 bits per heavy atom. The molecule has 1 unspecified atom stereocenters. The Labute approximate surface area is 152 Å². The standard InChI is InChI=1S/C19H24FN3O3/c1-11-5-6-12(9-13(11)20)23-14(7-8-17(23)24)18(25)21-16-10-15(22-26-16)19(2,3)4/h5-6,9-10,14,18,21,25H,7-8H2,1-4H3/t14-,18?/m0/s1. The van der Waals surface area contributed by atoms with E-state index in [1.54, 1.807) is 25.1 Å². The second kappa shape index (κ2) is 6.72. The van der Waals surface area contributed by atoms with E-state index in [0.29, 0.717) is 30.0 Å². The minimum Gasteiger partial charge on any atom is -0.371 e. The van der Waals surface area contributed by atoms with Gasteiger partial charge in [-0.15, -0.1) is 0 Å². The van der Waals surface area contributed by atoms with Crippen molar-refractivity contribution in [1.29, 1.82) is 0 Å². The molecule has 7 heteroatoms. The van der Waals surface area contributed by atoms with Crippen molar-refractivity contribution in [2.75, 3.05) is 10.2 Å². The van der Waals surface area contributed by atoms with Gasteiger partial charge in [-0.3, -0.25) is 4.79 Å². The fraction of sp³-hybridized carbons (Fsp3) is 0.474. The van der Waals surface area contributed by atoms with Crippen molar-refractivity contribution in [2.45, 2.75) is 58.2 Å². The van der Waals surface area contributed by atoms with Crippen LogP contribution in [0.1, 0.15) is 44.9 Å². The summed E-state index contributed by atoms with van der Waals surface area (Å²) in [6.45, 7) is 7.69. The number of hydrogen-bond donors (Lipinski definition) is 2. The molecule has 0 bridgehead atoms. The van der Waals surface area contributed by atoms with Crippen molar-refractivity contribution in [1.82, 2.24) is 5.16 Å². The zero-order valence-electron chi connectivity index (χ0n) is 15.4. The van der Waals surface area contributed by atoms with Crippen molar-refractivity contribution in [3.63, 3.8) is 0 Å². The highest BCUT2D eigenvalue weighted by Crippen LogP contribution is 2.31. The molecule has 3 rings (SSSR count). The van der Waals surface area contributed by atoms with Gasteiger partial charge in [-0.25, -0.2) is 4.39 Å². The summed E-state index contributed by atoms with van der Waals surface area (Å²) in [4.78, 5) is 13.7. The molecule has 1 saturated heterocycles. The molecule has 1 aromatic carbocycles. The van der Waals surface area contributed by atoms with Crippen LogP contribution in [0.4, 0.5) is 16.0 Å². The van der Waals surface area contributed by atoms with E-state index in [0.717, 1.165) is 5.69 Å². The molecule has 0 aliphatic carbocycles. The highest BCUT2D eigenvalue weighted by molar-refractivity contribution is 5.96. The van der Waals surface area contributed by atoms with Crippen LogP contribution in [-0.4, -0.2) is 28.4 Å². The third-order valence-electron chi connectivity index (χ3n) is 4.62. The number of aromatic nitrogens is 1. The van der Waals surface area contributed by atoms with Crippen molar-refractivity contribution in [3.05, 3.63) is 41.3 Å². The van der Waals surface area contributed by atoms with Crippen molar-refractivity contribution >= 4 is 17.5 Å². The molecule has 1 fully saturated rings. The summed E-state index contributed by atoms with van der Waals surface area (Å²) < 4.78 is 19.1. The lowest BCUT2D eigenvalue weighted by Gasteiger charge is -2.29. The van der Waals surface area contributed by atoms with E-state index in [2.05, 4.69) is 10.5 Å². The molecule has 140 valence electrons. The number of hydrogen-bond acceptors (Lipinski definition) is 5. The van der Waals surface area contributed by atoms with Gasteiger partial charge in [0.15, 0.2) is 0 Å². The number of nitrogens with one attached hydrogen (secondary N) is 1. The van der Waals surface area contributed by atoms with Crippen LogP contribution < -0.4 is 10.2 Å². The summed E-state index contributed by atoms with van der Waals surface area (Å²) in [5.41, 5.74) is 1.52. The van der Waals surface area contributed by atoms with E-state index in [4.69, 9.17) is 4.52 Å². The van der Waals surface area contributed by atoms with Crippen LogP contribution in [0.3, 0.4) is 0 Å². The van der Waals surface area contributed by atoms with Gasteiger partial charge >= 0.3 is 0 Å². The highest BCUT2D eigenvalue weighted by Gasteiger charge is 2.37. The molecule has 6 nitrogen and oxygen atoms in total. The third kappa shape index (κ3) is 3.58. The van der Waals surface area contributed by atoms with E-state index < -0.39 is 12.3 Å². The molecule has 26 heavy (non-hydrogen) atoms. The number of anilines is 2. The molecule has 2 atom stereocenters. The Morgan fingerprint density at radius 1 is 1.38 bits per heavy atom. The number of benzene rings is 1. The summed E-state index contributed by atoms with van der Waals surface area (Å²) in [5.74, 6) is -0.197. The van der Waals surface area contributed by atoms with E-state index in [1.165, 1.54) is 11.0 Å². The zero-order valence-corrected chi connectivity index (χ0v) is 15.4. The Bertz CT molecular complexity index is 813. The van der Waals surface area contributed by atoms with E-state index in [1.807, 2.05) is 20.8 Å². The summed E-state index contributed by atoms with van der Waals surface area (Å²) in [5, 5.41) is 17.5. The average Bonchev–Trinajstić information content (AvgIpc) is 3.16. The number of carbonyl (C=O) groups excluding carboxylic acids is 1. The highest BCUT2D eigenvalue weighted by atomic mass is 19.1. The van der Waals surface area contributed by atoms with Gasteiger partial charge in [0, 0.05) is 23.6 Å². The van der Waals surface area contributed by atoms with Crippen LogP contribution in [0, 0.1) is 12.7 Å². The molecular formula is C19H24FN3O3. The normalized spacial score (nSPS) is 19.1. The number of aliphatic hydroxyl groups is 1. The third-order valence-corrected chi connectivity index (χ3v) is 4.62. The van der Waals surface area contributed by atoms with Gasteiger partial charge in [0.05, 0.1) is 11.7 Å². The number of aryl methyl sites for hydroxylation is 1. The number of carbonyl (C=O) groups is 1. The van der Waals surface area contributed by atoms with Gasteiger partial charge in [0.1, 0.15) is 12.0 Å². The number of halogens is 1. The number of nitrogens with zero attached hydrogens (tertiary/aromatic N) is 2. The number of aliphatic hydroxyl groups excluding tert-OH is 1. The fourth-order valence-corrected chi connectivity index (χ4v) is 3.01. The maximum atomic E-state index is 13.9. The van der Waals surface area contributed by atoms with Gasteiger partial charge in [-0.1, -0.05) is 32.0 Å². The molecule has 1 aliphatic rings. The molecule has 1 aliphatic heterocycles. The summed E-state index contributed by atoms with van der Waals surface area (Å²) >= 11 is 0. The van der Waals surface area contributed by atoms with Gasteiger partial charge in [-0.05, 0) is 31.0 Å². The second-order valence-electron chi connectivity index (χ2n) is 7.72. The van der Waals surface area contributed by atoms with Crippen LogP contribution >= 0.6 is 0 Å². The largest absolute Gasteiger partial charge is 0.371 e. The SMILES string of the molecule is Cc1ccc(N2C(=O)CC[C@H]2C(O)Nc2cc(C(C)(C)C)no2)cc1F. The van der Waals surface area contributed by atoms with E-state index in [-0.39, 0.29) is 17.1 Å². The van der Waals surface area contributed by atoms with Crippen LogP contribution in [0.2, 0.25) is 0 Å². The molecule has 0 radical (unpaired) electrons. The van der Waals surface area contributed by atoms with Crippen molar-refractivity contribution in [2.24, 2.45) is 0 Å². The molecule has 1 aromatic heterocycles. The first-order valence-corrected chi connectivity index (χ1v) is 8.67. The summed E-state index contributed by atoms with van der Waals surface area (Å²) in [6.07, 6.45) is -0.308. The molecular weight excluding hydrogens is 337 g/mol. The Balaban J connectivity index is 1.79. The van der Waals surface area contributed by atoms with E-state index >= 15 is 0 Å². The molecule has 2 N–H and O–H groups in total. The van der Waals surface area contributed by atoms with Crippen LogP contribution in [0.5, 0.6) is 0 Å². The fourth-order valence-electron chi connectivity index (χ4n) is 3.01. The molecule has 0 spiro atoms. The Hall–Kier alpha value is -2.41. The first-order valence-electron chi connectivity index (χ1n) is 8.67.